The molecule has 0 radical (unpaired) electrons. The summed E-state index contributed by atoms with van der Waals surface area (Å²) >= 11 is 0. The third kappa shape index (κ3) is 7.12. The average Bonchev–Trinajstić information content (AvgIpc) is 3.49. The second-order valence-electron chi connectivity index (χ2n) is 10.5. The zero-order chi connectivity index (χ0) is 27.3. The lowest BCUT2D eigenvalue weighted by Gasteiger charge is -2.31. The maximum Gasteiger partial charge on any atom is 0.407 e. The van der Waals surface area contributed by atoms with Gasteiger partial charge in [0.2, 0.25) is 10.0 Å². The number of fused-ring (bicyclic) bond motifs is 1. The first-order valence-electron chi connectivity index (χ1n) is 13.1. The molecule has 10 heteroatoms. The first-order chi connectivity index (χ1) is 18.1. The molecule has 2 saturated heterocycles. The number of nitrogens with one attached hydrogen (secondary N) is 1. The number of amides is 1. The van der Waals surface area contributed by atoms with Crippen molar-refractivity contribution in [2.45, 2.75) is 63.0 Å². The normalized spacial score (nSPS) is 22.8. The summed E-state index contributed by atoms with van der Waals surface area (Å²) in [7, 11) is -3.87. The fourth-order valence-corrected chi connectivity index (χ4v) is 6.52. The number of carbonyl (C=O) groups is 1. The number of sulfonamides is 1. The van der Waals surface area contributed by atoms with Crippen molar-refractivity contribution < 1.29 is 32.5 Å². The maximum atomic E-state index is 13.5. The van der Waals surface area contributed by atoms with E-state index in [0.717, 1.165) is 17.5 Å². The lowest BCUT2D eigenvalue weighted by atomic mass is 10.0. The van der Waals surface area contributed by atoms with Crippen molar-refractivity contribution in [2.24, 2.45) is 11.8 Å². The molecule has 1 amide bonds. The Morgan fingerprint density at radius 1 is 1.11 bits per heavy atom. The first kappa shape index (κ1) is 28.5. The van der Waals surface area contributed by atoms with Gasteiger partial charge in [-0.15, -0.1) is 0 Å². The average molecular weight is 547 g/mol. The van der Waals surface area contributed by atoms with Crippen LogP contribution in [0.25, 0.3) is 0 Å². The van der Waals surface area contributed by atoms with Gasteiger partial charge in [0.15, 0.2) is 6.29 Å². The van der Waals surface area contributed by atoms with E-state index in [2.05, 4.69) is 5.32 Å². The third-order valence-electron chi connectivity index (χ3n) is 6.93. The van der Waals surface area contributed by atoms with Crippen LogP contribution >= 0.6 is 0 Å². The zero-order valence-electron chi connectivity index (χ0n) is 22.2. The van der Waals surface area contributed by atoms with Crippen LogP contribution in [0.2, 0.25) is 0 Å². The number of nitrogens with zero attached hydrogens (tertiary/aromatic N) is 1. The SMILES string of the molecule is Cc1ccc(S(=O)(=O)N(CC(C)C)C[C@@H](O)[C@H](Cc2ccccc2)NC(=O)OC2COC3OCCC23)cc1. The Balaban J connectivity index is 1.51. The molecule has 2 aromatic rings. The molecule has 2 fully saturated rings. The fraction of sp³-hybridized carbons (Fsp3) is 0.536. The number of hydrogen-bond acceptors (Lipinski definition) is 7. The van der Waals surface area contributed by atoms with Gasteiger partial charge in [-0.1, -0.05) is 61.9 Å². The quantitative estimate of drug-likeness (QED) is 0.445. The minimum Gasteiger partial charge on any atom is -0.443 e. The Bertz CT molecular complexity index is 1160. The van der Waals surface area contributed by atoms with Crippen molar-refractivity contribution in [3.63, 3.8) is 0 Å². The molecule has 0 aliphatic carbocycles. The van der Waals surface area contributed by atoms with Crippen LogP contribution in [0.4, 0.5) is 4.79 Å². The molecule has 3 unspecified atom stereocenters. The minimum atomic E-state index is -3.87. The molecule has 4 rings (SSSR count). The van der Waals surface area contributed by atoms with Crippen molar-refractivity contribution in [3.05, 3.63) is 65.7 Å². The number of aliphatic hydroxyl groups excluding tert-OH is 1. The van der Waals surface area contributed by atoms with Gasteiger partial charge in [0.25, 0.3) is 0 Å². The monoisotopic (exact) mass is 546 g/mol. The van der Waals surface area contributed by atoms with Crippen LogP contribution in [-0.4, -0.2) is 74.8 Å². The van der Waals surface area contributed by atoms with E-state index in [-0.39, 0.29) is 42.7 Å². The van der Waals surface area contributed by atoms with Crippen molar-refractivity contribution in [1.29, 1.82) is 0 Å². The molecule has 38 heavy (non-hydrogen) atoms. The highest BCUT2D eigenvalue weighted by Gasteiger charge is 2.44. The van der Waals surface area contributed by atoms with Gasteiger partial charge >= 0.3 is 6.09 Å². The molecular weight excluding hydrogens is 508 g/mol. The number of hydrogen-bond donors (Lipinski definition) is 2. The van der Waals surface area contributed by atoms with E-state index in [1.807, 2.05) is 51.1 Å². The van der Waals surface area contributed by atoms with Crippen molar-refractivity contribution in [1.82, 2.24) is 9.62 Å². The molecule has 0 saturated carbocycles. The number of ether oxygens (including phenoxy) is 3. The second-order valence-corrected chi connectivity index (χ2v) is 12.4. The molecular formula is C28H38N2O7S. The summed E-state index contributed by atoms with van der Waals surface area (Å²) < 4.78 is 45.1. The molecule has 2 N–H and O–H groups in total. The summed E-state index contributed by atoms with van der Waals surface area (Å²) in [5.74, 6) is 0.0105. The number of rotatable bonds is 11. The summed E-state index contributed by atoms with van der Waals surface area (Å²) in [4.78, 5) is 13.1. The van der Waals surface area contributed by atoms with Crippen LogP contribution in [0.1, 0.15) is 31.4 Å². The Kier molecular flexibility index (Phi) is 9.43. The topological polar surface area (TPSA) is 114 Å². The first-order valence-corrected chi connectivity index (χ1v) is 14.6. The number of benzene rings is 2. The lowest BCUT2D eigenvalue weighted by Crippen LogP contribution is -2.51. The number of alkyl carbamates (subject to hydrolysis) is 1. The minimum absolute atomic E-state index is 0.0144. The van der Waals surface area contributed by atoms with E-state index in [1.54, 1.807) is 24.3 Å². The zero-order valence-corrected chi connectivity index (χ0v) is 23.0. The fourth-order valence-electron chi connectivity index (χ4n) is 4.89. The lowest BCUT2D eigenvalue weighted by molar-refractivity contribution is -0.0907. The van der Waals surface area contributed by atoms with Gasteiger partial charge in [0.05, 0.1) is 36.2 Å². The van der Waals surface area contributed by atoms with E-state index < -0.39 is 34.4 Å². The predicted molar refractivity (Wildman–Crippen MR) is 142 cm³/mol. The molecule has 0 bridgehead atoms. The van der Waals surface area contributed by atoms with Crippen LogP contribution in [0.3, 0.4) is 0 Å². The van der Waals surface area contributed by atoms with Gasteiger partial charge in [-0.3, -0.25) is 0 Å². The molecule has 2 aromatic carbocycles. The molecule has 0 spiro atoms. The Labute approximate surface area is 225 Å². The van der Waals surface area contributed by atoms with Crippen LogP contribution < -0.4 is 5.32 Å². The highest BCUT2D eigenvalue weighted by atomic mass is 32.2. The van der Waals surface area contributed by atoms with E-state index in [1.165, 1.54) is 4.31 Å². The molecule has 2 aliphatic rings. The van der Waals surface area contributed by atoms with Gasteiger partial charge in [0, 0.05) is 13.1 Å². The maximum absolute atomic E-state index is 13.5. The van der Waals surface area contributed by atoms with Crippen LogP contribution in [0.15, 0.2) is 59.5 Å². The van der Waals surface area contributed by atoms with E-state index in [9.17, 15) is 18.3 Å². The van der Waals surface area contributed by atoms with Gasteiger partial charge in [-0.05, 0) is 43.4 Å². The van der Waals surface area contributed by atoms with Gasteiger partial charge in [-0.25, -0.2) is 13.2 Å². The highest BCUT2D eigenvalue weighted by molar-refractivity contribution is 7.89. The summed E-state index contributed by atoms with van der Waals surface area (Å²) in [6.45, 7) is 6.59. The van der Waals surface area contributed by atoms with E-state index in [4.69, 9.17) is 14.2 Å². The Morgan fingerprint density at radius 3 is 2.50 bits per heavy atom. The molecule has 9 nitrogen and oxygen atoms in total. The molecule has 2 aliphatic heterocycles. The van der Waals surface area contributed by atoms with Gasteiger partial charge < -0.3 is 24.6 Å². The number of aryl methyl sites for hydroxylation is 1. The standard InChI is InChI=1S/C28H38N2O7S/c1-19(2)16-30(38(33,34)22-11-9-20(3)10-12-22)17-25(31)24(15-21-7-5-4-6-8-21)29-28(32)37-26-18-36-27-23(26)13-14-35-27/h4-12,19,23-27,31H,13-18H2,1-3H3,(H,29,32)/t23?,24-,25+,26?,27?/m0/s1. The van der Waals surface area contributed by atoms with E-state index >= 15 is 0 Å². The molecule has 208 valence electrons. The third-order valence-corrected chi connectivity index (χ3v) is 8.77. The van der Waals surface area contributed by atoms with Gasteiger partial charge in [-0.2, -0.15) is 4.31 Å². The summed E-state index contributed by atoms with van der Waals surface area (Å²) in [5.41, 5.74) is 1.84. The predicted octanol–water partition coefficient (Wildman–Crippen LogP) is 3.10. The smallest absolute Gasteiger partial charge is 0.407 e. The van der Waals surface area contributed by atoms with Crippen LogP contribution in [0, 0.1) is 18.8 Å². The Morgan fingerprint density at radius 2 is 1.82 bits per heavy atom. The highest BCUT2D eigenvalue weighted by Crippen LogP contribution is 2.33. The van der Waals surface area contributed by atoms with Gasteiger partial charge in [0.1, 0.15) is 6.10 Å². The van der Waals surface area contributed by atoms with Crippen LogP contribution in [0.5, 0.6) is 0 Å². The van der Waals surface area contributed by atoms with Crippen molar-refractivity contribution >= 4 is 16.1 Å². The summed E-state index contributed by atoms with van der Waals surface area (Å²) in [6, 6.07) is 15.3. The summed E-state index contributed by atoms with van der Waals surface area (Å²) in [5, 5.41) is 14.1. The van der Waals surface area contributed by atoms with Crippen molar-refractivity contribution in [3.8, 4) is 0 Å². The number of carbonyl (C=O) groups excluding carboxylic acids is 1. The number of aliphatic hydroxyl groups is 1. The molecule has 0 aromatic heterocycles. The molecule has 5 atom stereocenters. The Hall–Kier alpha value is -2.50. The van der Waals surface area contributed by atoms with E-state index in [0.29, 0.717) is 13.0 Å². The second kappa shape index (κ2) is 12.6. The molecule has 2 heterocycles. The summed E-state index contributed by atoms with van der Waals surface area (Å²) in [6.07, 6.45) is -1.61. The largest absolute Gasteiger partial charge is 0.443 e. The van der Waals surface area contributed by atoms with Crippen molar-refractivity contribution in [2.75, 3.05) is 26.3 Å². The van der Waals surface area contributed by atoms with Crippen LogP contribution in [-0.2, 0) is 30.7 Å².